The third-order valence-corrected chi connectivity index (χ3v) is 3.91. The summed E-state index contributed by atoms with van der Waals surface area (Å²) in [6, 6.07) is 15.9. The number of nitrogens with zero attached hydrogens (tertiary/aromatic N) is 1. The average molecular weight is 339 g/mol. The molecular formula is C20H21NO4. The Bertz CT molecular complexity index is 741. The highest BCUT2D eigenvalue weighted by Gasteiger charge is 2.34. The highest BCUT2D eigenvalue weighted by Crippen LogP contribution is 2.17. The number of rotatable bonds is 7. The van der Waals surface area contributed by atoms with Gasteiger partial charge in [0.15, 0.2) is 5.78 Å². The molecule has 1 atom stereocenters. The molecular weight excluding hydrogens is 318 g/mol. The number of aliphatic carboxylic acids is 1. The van der Waals surface area contributed by atoms with Crippen LogP contribution >= 0.6 is 0 Å². The Morgan fingerprint density at radius 2 is 1.36 bits per heavy atom. The lowest BCUT2D eigenvalue weighted by molar-refractivity contribution is -0.143. The molecule has 0 saturated heterocycles. The van der Waals surface area contributed by atoms with Gasteiger partial charge in [-0.25, -0.2) is 4.79 Å². The van der Waals surface area contributed by atoms with Crippen LogP contribution in [0.4, 0.5) is 0 Å². The Morgan fingerprint density at radius 3 is 1.80 bits per heavy atom. The summed E-state index contributed by atoms with van der Waals surface area (Å²) >= 11 is 0. The Hall–Kier alpha value is -2.95. The van der Waals surface area contributed by atoms with Crippen LogP contribution in [0.15, 0.2) is 60.7 Å². The van der Waals surface area contributed by atoms with Crippen molar-refractivity contribution >= 4 is 17.7 Å². The van der Waals surface area contributed by atoms with Gasteiger partial charge in [0, 0.05) is 11.1 Å². The van der Waals surface area contributed by atoms with E-state index < -0.39 is 17.9 Å². The van der Waals surface area contributed by atoms with Gasteiger partial charge in [-0.05, 0) is 18.1 Å². The maximum atomic E-state index is 12.9. The SMILES string of the molecule is CC(C)[C@H](C(=O)O)N(CC(=O)c1ccccc1)C(=O)c1ccccc1. The molecule has 2 aromatic rings. The Kier molecular flexibility index (Phi) is 6.06. The van der Waals surface area contributed by atoms with Crippen molar-refractivity contribution < 1.29 is 19.5 Å². The number of carboxylic acids is 1. The smallest absolute Gasteiger partial charge is 0.326 e. The topological polar surface area (TPSA) is 74.7 Å². The maximum absolute atomic E-state index is 12.9. The summed E-state index contributed by atoms with van der Waals surface area (Å²) in [5, 5.41) is 9.59. The van der Waals surface area contributed by atoms with Gasteiger partial charge >= 0.3 is 5.97 Å². The molecule has 0 saturated carbocycles. The van der Waals surface area contributed by atoms with E-state index in [9.17, 15) is 19.5 Å². The van der Waals surface area contributed by atoms with Crippen LogP contribution in [0.5, 0.6) is 0 Å². The van der Waals surface area contributed by atoms with Gasteiger partial charge in [-0.3, -0.25) is 9.59 Å². The van der Waals surface area contributed by atoms with E-state index in [0.717, 1.165) is 4.90 Å². The first kappa shape index (κ1) is 18.4. The molecule has 1 N–H and O–H groups in total. The lowest BCUT2D eigenvalue weighted by Crippen LogP contribution is -2.50. The van der Waals surface area contributed by atoms with Gasteiger partial charge in [0.2, 0.25) is 0 Å². The van der Waals surface area contributed by atoms with Gasteiger partial charge in [-0.2, -0.15) is 0 Å². The van der Waals surface area contributed by atoms with Gasteiger partial charge in [0.1, 0.15) is 6.04 Å². The summed E-state index contributed by atoms with van der Waals surface area (Å²) < 4.78 is 0. The summed E-state index contributed by atoms with van der Waals surface area (Å²) in [4.78, 5) is 38.3. The monoisotopic (exact) mass is 339 g/mol. The summed E-state index contributed by atoms with van der Waals surface area (Å²) in [6.45, 7) is 3.15. The van der Waals surface area contributed by atoms with Crippen LogP contribution in [-0.4, -0.2) is 40.3 Å². The lowest BCUT2D eigenvalue weighted by Gasteiger charge is -2.31. The second-order valence-corrected chi connectivity index (χ2v) is 6.12. The van der Waals surface area contributed by atoms with E-state index in [1.807, 2.05) is 0 Å². The van der Waals surface area contributed by atoms with Crippen LogP contribution < -0.4 is 0 Å². The van der Waals surface area contributed by atoms with E-state index in [0.29, 0.717) is 11.1 Å². The second kappa shape index (κ2) is 8.24. The van der Waals surface area contributed by atoms with Crippen molar-refractivity contribution in [3.63, 3.8) is 0 Å². The normalized spacial score (nSPS) is 11.8. The number of carbonyl (C=O) groups excluding carboxylic acids is 2. The van der Waals surface area contributed by atoms with Crippen LogP contribution in [0.25, 0.3) is 0 Å². The quantitative estimate of drug-likeness (QED) is 0.787. The van der Waals surface area contributed by atoms with Crippen molar-refractivity contribution in [3.05, 3.63) is 71.8 Å². The third kappa shape index (κ3) is 4.53. The highest BCUT2D eigenvalue weighted by molar-refractivity contribution is 6.03. The first-order chi connectivity index (χ1) is 11.9. The molecule has 0 aliphatic carbocycles. The molecule has 0 fully saturated rings. The molecule has 2 aromatic carbocycles. The molecule has 0 aliphatic heterocycles. The zero-order valence-corrected chi connectivity index (χ0v) is 14.3. The number of Topliss-reactive ketones (excluding diaryl/α,β-unsaturated/α-hetero) is 1. The van der Waals surface area contributed by atoms with Crippen LogP contribution in [0.3, 0.4) is 0 Å². The van der Waals surface area contributed by atoms with Crippen LogP contribution in [0.2, 0.25) is 0 Å². The Balaban J connectivity index is 2.36. The predicted molar refractivity (Wildman–Crippen MR) is 94.5 cm³/mol. The van der Waals surface area contributed by atoms with E-state index in [4.69, 9.17) is 0 Å². The molecule has 5 nitrogen and oxygen atoms in total. The van der Waals surface area contributed by atoms with Crippen molar-refractivity contribution in [1.82, 2.24) is 4.90 Å². The molecule has 0 unspecified atom stereocenters. The van der Waals surface area contributed by atoms with Crippen LogP contribution in [0, 0.1) is 5.92 Å². The number of carboxylic acid groups (broad SMARTS) is 1. The minimum Gasteiger partial charge on any atom is -0.480 e. The van der Waals surface area contributed by atoms with Crippen LogP contribution in [0.1, 0.15) is 34.6 Å². The molecule has 0 radical (unpaired) electrons. The van der Waals surface area contributed by atoms with Crippen molar-refractivity contribution in [1.29, 1.82) is 0 Å². The number of hydrogen-bond acceptors (Lipinski definition) is 3. The second-order valence-electron chi connectivity index (χ2n) is 6.12. The zero-order chi connectivity index (χ0) is 18.4. The Labute approximate surface area is 146 Å². The minimum atomic E-state index is -1.12. The standard InChI is InChI=1S/C20H21NO4/c1-14(2)18(20(24)25)21(19(23)16-11-7-4-8-12-16)13-17(22)15-9-5-3-6-10-15/h3-12,14,18H,13H2,1-2H3,(H,24,25)/t18-/m1/s1. The zero-order valence-electron chi connectivity index (χ0n) is 14.3. The molecule has 5 heteroatoms. The average Bonchev–Trinajstić information content (AvgIpc) is 2.61. The molecule has 130 valence electrons. The molecule has 2 rings (SSSR count). The molecule has 0 aromatic heterocycles. The van der Waals surface area contributed by atoms with E-state index in [1.165, 1.54) is 0 Å². The minimum absolute atomic E-state index is 0.285. The number of ketones is 1. The lowest BCUT2D eigenvalue weighted by atomic mass is 10.00. The number of hydrogen-bond donors (Lipinski definition) is 1. The van der Waals surface area contributed by atoms with Crippen LogP contribution in [-0.2, 0) is 4.79 Å². The van der Waals surface area contributed by atoms with E-state index >= 15 is 0 Å². The first-order valence-electron chi connectivity index (χ1n) is 8.09. The number of amides is 1. The molecule has 1 amide bonds. The summed E-state index contributed by atoms with van der Waals surface area (Å²) in [5.41, 5.74) is 0.802. The fraction of sp³-hybridized carbons (Fsp3) is 0.250. The van der Waals surface area contributed by atoms with Crippen molar-refractivity contribution in [3.8, 4) is 0 Å². The number of benzene rings is 2. The van der Waals surface area contributed by atoms with Crippen molar-refractivity contribution in [2.45, 2.75) is 19.9 Å². The first-order valence-corrected chi connectivity index (χ1v) is 8.09. The largest absolute Gasteiger partial charge is 0.480 e. The Morgan fingerprint density at radius 1 is 0.880 bits per heavy atom. The van der Waals surface area contributed by atoms with Gasteiger partial charge in [-0.1, -0.05) is 62.4 Å². The van der Waals surface area contributed by atoms with Gasteiger partial charge in [0.25, 0.3) is 5.91 Å². The van der Waals surface area contributed by atoms with Gasteiger partial charge < -0.3 is 10.0 Å². The number of carbonyl (C=O) groups is 3. The van der Waals surface area contributed by atoms with E-state index in [1.54, 1.807) is 74.5 Å². The van der Waals surface area contributed by atoms with Crippen molar-refractivity contribution in [2.75, 3.05) is 6.54 Å². The summed E-state index contributed by atoms with van der Waals surface area (Å²) in [5.74, 6) is -2.23. The third-order valence-electron chi connectivity index (χ3n) is 3.91. The fourth-order valence-corrected chi connectivity index (χ4v) is 2.69. The van der Waals surface area contributed by atoms with E-state index in [2.05, 4.69) is 0 Å². The molecule has 25 heavy (non-hydrogen) atoms. The molecule has 0 spiro atoms. The summed E-state index contributed by atoms with van der Waals surface area (Å²) in [6.07, 6.45) is 0. The fourth-order valence-electron chi connectivity index (χ4n) is 2.69. The maximum Gasteiger partial charge on any atom is 0.326 e. The highest BCUT2D eigenvalue weighted by atomic mass is 16.4. The van der Waals surface area contributed by atoms with Gasteiger partial charge in [0.05, 0.1) is 6.54 Å². The van der Waals surface area contributed by atoms with Crippen molar-refractivity contribution in [2.24, 2.45) is 5.92 Å². The summed E-state index contributed by atoms with van der Waals surface area (Å²) in [7, 11) is 0. The van der Waals surface area contributed by atoms with Gasteiger partial charge in [-0.15, -0.1) is 0 Å². The molecule has 0 aliphatic rings. The van der Waals surface area contributed by atoms with E-state index in [-0.39, 0.29) is 18.2 Å². The predicted octanol–water partition coefficient (Wildman–Crippen LogP) is 3.12. The molecule has 0 heterocycles. The molecule has 0 bridgehead atoms.